The number of nitrogens with one attached hydrogen (secondary N) is 1. The molecule has 1 aromatic rings. The summed E-state index contributed by atoms with van der Waals surface area (Å²) in [7, 11) is -3.42. The molecule has 0 radical (unpaired) electrons. The number of nitrogens with zero attached hydrogens (tertiary/aromatic N) is 1. The van der Waals surface area contributed by atoms with Crippen molar-refractivity contribution in [2.45, 2.75) is 50.5 Å². The van der Waals surface area contributed by atoms with Crippen molar-refractivity contribution in [3.05, 3.63) is 29.8 Å². The first kappa shape index (κ1) is 13.6. The van der Waals surface area contributed by atoms with E-state index in [2.05, 4.69) is 18.6 Å². The van der Waals surface area contributed by atoms with Crippen LogP contribution < -0.4 is 4.72 Å². The van der Waals surface area contributed by atoms with Gasteiger partial charge in [-0.15, -0.1) is 0 Å². The molecule has 0 spiro atoms. The zero-order valence-corrected chi connectivity index (χ0v) is 12.7. The Labute approximate surface area is 120 Å². The van der Waals surface area contributed by atoms with Crippen molar-refractivity contribution in [1.29, 1.82) is 0 Å². The molecule has 108 valence electrons. The average Bonchev–Trinajstić information content (AvgIpc) is 2.61. The Bertz CT molecular complexity index is 662. The third kappa shape index (κ3) is 2.46. The van der Waals surface area contributed by atoms with Crippen molar-refractivity contribution in [3.8, 4) is 0 Å². The summed E-state index contributed by atoms with van der Waals surface area (Å²) in [5.41, 5.74) is 1.00. The molecule has 1 N–H and O–H groups in total. The molecule has 1 aromatic carbocycles. The van der Waals surface area contributed by atoms with Gasteiger partial charge in [0.2, 0.25) is 0 Å². The molecule has 0 bridgehead atoms. The third-order valence-electron chi connectivity index (χ3n) is 4.15. The molecule has 0 saturated heterocycles. The number of amidine groups is 1. The van der Waals surface area contributed by atoms with E-state index < -0.39 is 10.0 Å². The fourth-order valence-corrected chi connectivity index (χ4v) is 4.42. The lowest BCUT2D eigenvalue weighted by Crippen LogP contribution is -2.29. The van der Waals surface area contributed by atoms with E-state index in [4.69, 9.17) is 4.99 Å². The van der Waals surface area contributed by atoms with E-state index in [1.165, 1.54) is 6.42 Å². The summed E-state index contributed by atoms with van der Waals surface area (Å²) in [4.78, 5) is 5.04. The van der Waals surface area contributed by atoms with Gasteiger partial charge in [0.25, 0.3) is 10.0 Å². The second kappa shape index (κ2) is 4.58. The minimum atomic E-state index is -3.42. The average molecular weight is 292 g/mol. The van der Waals surface area contributed by atoms with Gasteiger partial charge in [0.15, 0.2) is 0 Å². The van der Waals surface area contributed by atoms with Gasteiger partial charge in [-0.1, -0.05) is 32.4 Å². The standard InChI is InChI=1S/C15H20N2O2S/c1-15(2)9-5-6-11(10-15)16-14-12-7-3-4-8-13(12)20(18,19)17-14/h3-4,7-8,11H,5-6,9-10H2,1-2H3,(H,16,17). The lowest BCUT2D eigenvalue weighted by atomic mass is 9.75. The Morgan fingerprint density at radius 1 is 1.30 bits per heavy atom. The van der Waals surface area contributed by atoms with Crippen molar-refractivity contribution in [2.24, 2.45) is 10.4 Å². The van der Waals surface area contributed by atoms with E-state index in [1.54, 1.807) is 12.1 Å². The highest BCUT2D eigenvalue weighted by Crippen LogP contribution is 2.37. The molecule has 3 rings (SSSR count). The normalized spacial score (nSPS) is 28.9. The van der Waals surface area contributed by atoms with E-state index in [9.17, 15) is 8.42 Å². The molecule has 1 aliphatic carbocycles. The van der Waals surface area contributed by atoms with Crippen LogP contribution in [0.15, 0.2) is 34.2 Å². The Balaban J connectivity index is 1.94. The highest BCUT2D eigenvalue weighted by atomic mass is 32.2. The van der Waals surface area contributed by atoms with Crippen LogP contribution in [0.5, 0.6) is 0 Å². The molecule has 4 nitrogen and oxygen atoms in total. The third-order valence-corrected chi connectivity index (χ3v) is 5.55. The van der Waals surface area contributed by atoms with Crippen molar-refractivity contribution in [1.82, 2.24) is 4.72 Å². The Hall–Kier alpha value is -1.36. The van der Waals surface area contributed by atoms with Gasteiger partial charge in [-0.2, -0.15) is 0 Å². The molecular formula is C15H20N2O2S. The SMILES string of the molecule is CC1(C)CCCC(N=C2NS(=O)(=O)c3ccccc32)C1. The van der Waals surface area contributed by atoms with Crippen molar-refractivity contribution in [3.63, 3.8) is 0 Å². The van der Waals surface area contributed by atoms with Gasteiger partial charge in [0.1, 0.15) is 5.84 Å². The topological polar surface area (TPSA) is 58.5 Å². The molecule has 1 unspecified atom stereocenters. The highest BCUT2D eigenvalue weighted by Gasteiger charge is 2.33. The second-order valence-corrected chi connectivity index (χ2v) is 8.14. The van der Waals surface area contributed by atoms with Crippen molar-refractivity contribution < 1.29 is 8.42 Å². The van der Waals surface area contributed by atoms with Crippen molar-refractivity contribution >= 4 is 15.9 Å². The van der Waals surface area contributed by atoms with Crippen molar-refractivity contribution in [2.75, 3.05) is 0 Å². The molecule has 1 fully saturated rings. The van der Waals surface area contributed by atoms with Gasteiger partial charge in [-0.05, 0) is 36.8 Å². The Morgan fingerprint density at radius 2 is 2.05 bits per heavy atom. The van der Waals surface area contributed by atoms with Gasteiger partial charge in [0.05, 0.1) is 10.9 Å². The Morgan fingerprint density at radius 3 is 2.80 bits per heavy atom. The predicted octanol–water partition coefficient (Wildman–Crippen LogP) is 2.69. The fraction of sp³-hybridized carbons (Fsp3) is 0.533. The molecule has 1 saturated carbocycles. The summed E-state index contributed by atoms with van der Waals surface area (Å²) in [5, 5.41) is 0. The molecule has 20 heavy (non-hydrogen) atoms. The van der Waals surface area contributed by atoms with Gasteiger partial charge < -0.3 is 0 Å². The number of hydrogen-bond acceptors (Lipinski definition) is 3. The summed E-state index contributed by atoms with van der Waals surface area (Å²) in [5.74, 6) is 0.517. The van der Waals surface area contributed by atoms with Crippen LogP contribution in [0.1, 0.15) is 45.1 Å². The zero-order valence-electron chi connectivity index (χ0n) is 11.9. The van der Waals surface area contributed by atoms with E-state index in [-0.39, 0.29) is 6.04 Å². The molecule has 0 amide bonds. The van der Waals surface area contributed by atoms with Crippen LogP contribution in [-0.2, 0) is 10.0 Å². The summed E-state index contributed by atoms with van der Waals surface area (Å²) < 4.78 is 26.7. The largest absolute Gasteiger partial charge is 0.264 e. The van der Waals surface area contributed by atoms with Crippen LogP contribution in [0.3, 0.4) is 0 Å². The van der Waals surface area contributed by atoms with Gasteiger partial charge in [-0.25, -0.2) is 8.42 Å². The van der Waals surface area contributed by atoms with Gasteiger partial charge >= 0.3 is 0 Å². The van der Waals surface area contributed by atoms with Crippen LogP contribution in [-0.4, -0.2) is 20.3 Å². The molecule has 2 aliphatic rings. The van der Waals surface area contributed by atoms with E-state index in [0.717, 1.165) is 19.3 Å². The van der Waals surface area contributed by atoms with Crippen LogP contribution in [0.2, 0.25) is 0 Å². The number of aliphatic imine (C=N–C) groups is 1. The maximum atomic E-state index is 12.0. The van der Waals surface area contributed by atoms with E-state index in [0.29, 0.717) is 21.7 Å². The highest BCUT2D eigenvalue weighted by molar-refractivity contribution is 7.90. The van der Waals surface area contributed by atoms with Crippen LogP contribution in [0.4, 0.5) is 0 Å². The number of sulfonamides is 1. The Kier molecular flexibility index (Phi) is 3.12. The predicted molar refractivity (Wildman–Crippen MR) is 79.3 cm³/mol. The van der Waals surface area contributed by atoms with E-state index in [1.807, 2.05) is 12.1 Å². The minimum Gasteiger partial charge on any atom is -0.264 e. The molecule has 1 aliphatic heterocycles. The molecule has 1 heterocycles. The van der Waals surface area contributed by atoms with Crippen LogP contribution >= 0.6 is 0 Å². The first-order valence-electron chi connectivity index (χ1n) is 7.07. The first-order valence-corrected chi connectivity index (χ1v) is 8.56. The van der Waals surface area contributed by atoms with E-state index >= 15 is 0 Å². The quantitative estimate of drug-likeness (QED) is 0.865. The molecule has 1 atom stereocenters. The van der Waals surface area contributed by atoms with Crippen LogP contribution in [0, 0.1) is 5.41 Å². The first-order chi connectivity index (χ1) is 9.37. The number of hydrogen-bond donors (Lipinski definition) is 1. The summed E-state index contributed by atoms with van der Waals surface area (Å²) in [6.45, 7) is 4.51. The lowest BCUT2D eigenvalue weighted by Gasteiger charge is -2.33. The molecular weight excluding hydrogens is 272 g/mol. The molecule has 5 heteroatoms. The van der Waals surface area contributed by atoms with Crippen LogP contribution in [0.25, 0.3) is 0 Å². The number of rotatable bonds is 1. The second-order valence-electron chi connectivity index (χ2n) is 6.49. The number of benzene rings is 1. The summed E-state index contributed by atoms with van der Waals surface area (Å²) >= 11 is 0. The smallest absolute Gasteiger partial charge is 0.263 e. The fourth-order valence-electron chi connectivity index (χ4n) is 3.18. The zero-order chi connectivity index (χ0) is 14.4. The number of fused-ring (bicyclic) bond motifs is 1. The maximum Gasteiger partial charge on any atom is 0.263 e. The maximum absolute atomic E-state index is 12.0. The minimum absolute atomic E-state index is 0.211. The summed E-state index contributed by atoms with van der Waals surface area (Å²) in [6, 6.07) is 7.25. The molecule has 0 aromatic heterocycles. The summed E-state index contributed by atoms with van der Waals surface area (Å²) in [6.07, 6.45) is 4.43. The monoisotopic (exact) mass is 292 g/mol. The van der Waals surface area contributed by atoms with Gasteiger partial charge in [-0.3, -0.25) is 9.71 Å². The lowest BCUT2D eigenvalue weighted by molar-refractivity contribution is 0.222. The van der Waals surface area contributed by atoms with Gasteiger partial charge in [0, 0.05) is 5.56 Å².